The fourth-order valence-corrected chi connectivity index (χ4v) is 3.12. The predicted octanol–water partition coefficient (Wildman–Crippen LogP) is 4.47. The molecule has 2 aromatic carbocycles. The van der Waals surface area contributed by atoms with E-state index in [1.165, 1.54) is 4.57 Å². The average molecular weight is 393 g/mol. The van der Waals surface area contributed by atoms with E-state index >= 15 is 0 Å². The van der Waals surface area contributed by atoms with Crippen molar-refractivity contribution in [3.8, 4) is 0 Å². The second kappa shape index (κ2) is 7.05. The summed E-state index contributed by atoms with van der Waals surface area (Å²) in [5, 5.41) is 6.37. The summed E-state index contributed by atoms with van der Waals surface area (Å²) in [7, 11) is 1.66. The molecule has 2 N–H and O–H groups in total. The average Bonchev–Trinajstić information content (AvgIpc) is 2.96. The van der Waals surface area contributed by atoms with Gasteiger partial charge < -0.3 is 15.1 Å². The second-order valence-electron chi connectivity index (χ2n) is 7.01. The molecule has 0 atom stereocenters. The van der Waals surface area contributed by atoms with Crippen LogP contribution in [-0.2, 0) is 7.05 Å². The maximum Gasteiger partial charge on any atom is 0.419 e. The lowest BCUT2D eigenvalue weighted by molar-refractivity contribution is 0.528. The molecule has 7 nitrogen and oxygen atoms in total. The van der Waals surface area contributed by atoms with Crippen LogP contribution in [0.25, 0.3) is 11.1 Å². The minimum atomic E-state index is -0.410. The Bertz CT molecular complexity index is 1270. The highest BCUT2D eigenvalue weighted by Crippen LogP contribution is 2.25. The number of hydrogen-bond donors (Lipinski definition) is 2. The van der Waals surface area contributed by atoms with E-state index in [9.17, 15) is 9.18 Å². The topological polar surface area (TPSA) is 85.0 Å². The summed E-state index contributed by atoms with van der Waals surface area (Å²) in [6.07, 6.45) is 1.70. The first-order valence-corrected chi connectivity index (χ1v) is 9.06. The molecule has 0 unspecified atom stereocenters. The minimum Gasteiger partial charge on any atom is -0.408 e. The number of benzene rings is 2. The van der Waals surface area contributed by atoms with Crippen molar-refractivity contribution in [1.82, 2.24) is 14.5 Å². The standard InChI is InChI=1S/C21H20FN5O2/c1-11-7-15(8-12(2)18(11)22)25-20-23-10-13(3)19(26-20)24-14-5-6-17-16(9-14)27(4)21(28)29-17/h5-10H,1-4H3,(H2,23,24,25,26). The van der Waals surface area contributed by atoms with Gasteiger partial charge >= 0.3 is 5.76 Å². The first-order chi connectivity index (χ1) is 13.8. The number of aryl methyl sites for hydroxylation is 4. The van der Waals surface area contributed by atoms with Crippen molar-refractivity contribution in [2.75, 3.05) is 10.6 Å². The number of halogens is 1. The molecular weight excluding hydrogens is 373 g/mol. The quantitative estimate of drug-likeness (QED) is 0.532. The molecule has 4 aromatic rings. The summed E-state index contributed by atoms with van der Waals surface area (Å²) in [6.45, 7) is 5.33. The van der Waals surface area contributed by atoms with Gasteiger partial charge in [0.15, 0.2) is 5.58 Å². The Morgan fingerprint density at radius 3 is 2.45 bits per heavy atom. The third-order valence-electron chi connectivity index (χ3n) is 4.72. The van der Waals surface area contributed by atoms with Crippen LogP contribution in [-0.4, -0.2) is 14.5 Å². The number of oxazole rings is 1. The van der Waals surface area contributed by atoms with E-state index in [1.807, 2.05) is 19.1 Å². The van der Waals surface area contributed by atoms with Gasteiger partial charge in [0, 0.05) is 30.2 Å². The van der Waals surface area contributed by atoms with Crippen LogP contribution in [0.2, 0.25) is 0 Å². The molecule has 4 rings (SSSR count). The molecule has 0 aliphatic rings. The van der Waals surface area contributed by atoms with Crippen LogP contribution in [0.5, 0.6) is 0 Å². The van der Waals surface area contributed by atoms with E-state index in [2.05, 4.69) is 20.6 Å². The minimum absolute atomic E-state index is 0.216. The molecule has 0 bridgehead atoms. The van der Waals surface area contributed by atoms with Gasteiger partial charge in [-0.3, -0.25) is 4.57 Å². The molecule has 0 aliphatic heterocycles. The van der Waals surface area contributed by atoms with Crippen LogP contribution in [0.3, 0.4) is 0 Å². The van der Waals surface area contributed by atoms with Crippen molar-refractivity contribution < 1.29 is 8.81 Å². The Balaban J connectivity index is 1.63. The van der Waals surface area contributed by atoms with Gasteiger partial charge in [-0.05, 0) is 62.2 Å². The monoisotopic (exact) mass is 393 g/mol. The highest BCUT2D eigenvalue weighted by Gasteiger charge is 2.10. The van der Waals surface area contributed by atoms with E-state index in [1.54, 1.807) is 45.3 Å². The lowest BCUT2D eigenvalue weighted by Crippen LogP contribution is -2.08. The largest absolute Gasteiger partial charge is 0.419 e. The zero-order chi connectivity index (χ0) is 20.7. The highest BCUT2D eigenvalue weighted by atomic mass is 19.1. The molecule has 148 valence electrons. The molecule has 29 heavy (non-hydrogen) atoms. The Morgan fingerprint density at radius 2 is 1.72 bits per heavy atom. The maximum absolute atomic E-state index is 13.9. The smallest absolute Gasteiger partial charge is 0.408 e. The van der Waals surface area contributed by atoms with Crippen molar-refractivity contribution in [2.45, 2.75) is 20.8 Å². The molecular formula is C21H20FN5O2. The van der Waals surface area contributed by atoms with Crippen LogP contribution in [0, 0.1) is 26.6 Å². The second-order valence-corrected chi connectivity index (χ2v) is 7.01. The molecule has 2 aromatic heterocycles. The summed E-state index contributed by atoms with van der Waals surface area (Å²) in [5.74, 6) is 0.379. The molecule has 0 radical (unpaired) electrons. The Labute approximate surface area is 166 Å². The van der Waals surface area contributed by atoms with Crippen LogP contribution in [0.15, 0.2) is 45.7 Å². The number of anilines is 4. The third kappa shape index (κ3) is 3.56. The molecule has 0 aliphatic carbocycles. The lowest BCUT2D eigenvalue weighted by atomic mass is 10.1. The van der Waals surface area contributed by atoms with Crippen LogP contribution in [0.4, 0.5) is 27.5 Å². The molecule has 0 spiro atoms. The van der Waals surface area contributed by atoms with Crippen molar-refractivity contribution >= 4 is 34.2 Å². The van der Waals surface area contributed by atoms with Gasteiger partial charge in [0.05, 0.1) is 5.52 Å². The number of nitrogens with one attached hydrogen (secondary N) is 2. The number of hydrogen-bond acceptors (Lipinski definition) is 6. The number of rotatable bonds is 4. The normalized spacial score (nSPS) is 11.1. The Morgan fingerprint density at radius 1 is 1.00 bits per heavy atom. The van der Waals surface area contributed by atoms with Crippen molar-refractivity contribution in [3.63, 3.8) is 0 Å². The van der Waals surface area contributed by atoms with Gasteiger partial charge in [0.1, 0.15) is 11.6 Å². The fraction of sp³-hybridized carbons (Fsp3) is 0.190. The van der Waals surface area contributed by atoms with Gasteiger partial charge in [-0.1, -0.05) is 0 Å². The number of nitrogens with zero attached hydrogens (tertiary/aromatic N) is 3. The first-order valence-electron chi connectivity index (χ1n) is 9.06. The van der Waals surface area contributed by atoms with Gasteiger partial charge in [0.25, 0.3) is 0 Å². The van der Waals surface area contributed by atoms with Crippen molar-refractivity contribution in [3.05, 3.63) is 69.6 Å². The lowest BCUT2D eigenvalue weighted by Gasteiger charge is -2.12. The SMILES string of the molecule is Cc1cnc(Nc2cc(C)c(F)c(C)c2)nc1Nc1ccc2oc(=O)n(C)c2c1. The first kappa shape index (κ1) is 18.7. The summed E-state index contributed by atoms with van der Waals surface area (Å²) in [5.41, 5.74) is 4.63. The molecule has 0 amide bonds. The third-order valence-corrected chi connectivity index (χ3v) is 4.72. The molecule has 0 saturated heterocycles. The van der Waals surface area contributed by atoms with Gasteiger partial charge in [-0.15, -0.1) is 0 Å². The molecule has 0 fully saturated rings. The molecule has 2 heterocycles. The van der Waals surface area contributed by atoms with Gasteiger partial charge in [-0.25, -0.2) is 14.2 Å². The Kier molecular flexibility index (Phi) is 4.54. The van der Waals surface area contributed by atoms with E-state index in [-0.39, 0.29) is 5.82 Å². The molecule has 8 heteroatoms. The van der Waals surface area contributed by atoms with Crippen molar-refractivity contribution in [1.29, 1.82) is 0 Å². The fourth-order valence-electron chi connectivity index (χ4n) is 3.12. The van der Waals surface area contributed by atoms with Crippen molar-refractivity contribution in [2.24, 2.45) is 7.05 Å². The predicted molar refractivity (Wildman–Crippen MR) is 111 cm³/mol. The zero-order valence-corrected chi connectivity index (χ0v) is 16.5. The molecule has 0 saturated carbocycles. The van der Waals surface area contributed by atoms with E-state index < -0.39 is 5.76 Å². The highest BCUT2D eigenvalue weighted by molar-refractivity contribution is 5.79. The summed E-state index contributed by atoms with van der Waals surface area (Å²) in [4.78, 5) is 20.5. The summed E-state index contributed by atoms with van der Waals surface area (Å²) in [6, 6.07) is 8.80. The Hall–Kier alpha value is -3.68. The zero-order valence-electron chi connectivity index (χ0n) is 16.5. The summed E-state index contributed by atoms with van der Waals surface area (Å²) < 4.78 is 20.5. The maximum atomic E-state index is 13.9. The number of fused-ring (bicyclic) bond motifs is 1. The van der Waals surface area contributed by atoms with Crippen LogP contribution in [0.1, 0.15) is 16.7 Å². The van der Waals surface area contributed by atoms with Gasteiger partial charge in [-0.2, -0.15) is 4.98 Å². The van der Waals surface area contributed by atoms with Gasteiger partial charge in [0.2, 0.25) is 5.95 Å². The number of aromatic nitrogens is 3. The van der Waals surface area contributed by atoms with Crippen LogP contribution >= 0.6 is 0 Å². The van der Waals surface area contributed by atoms with E-state index in [0.29, 0.717) is 39.7 Å². The summed E-state index contributed by atoms with van der Waals surface area (Å²) >= 11 is 0. The van der Waals surface area contributed by atoms with Crippen LogP contribution < -0.4 is 16.4 Å². The van der Waals surface area contributed by atoms with E-state index in [4.69, 9.17) is 4.42 Å². The van der Waals surface area contributed by atoms with E-state index in [0.717, 1.165) is 11.3 Å².